The molecule has 4 aliphatic heterocycles. The van der Waals surface area contributed by atoms with Crippen LogP contribution in [0.15, 0.2) is 202 Å². The van der Waals surface area contributed by atoms with Crippen LogP contribution in [0.3, 0.4) is 0 Å². The lowest BCUT2D eigenvalue weighted by molar-refractivity contribution is -0.159. The number of sulfonamides is 4. The van der Waals surface area contributed by atoms with Crippen molar-refractivity contribution in [2.24, 2.45) is 0 Å². The molecule has 10 rings (SSSR count). The van der Waals surface area contributed by atoms with Crippen molar-refractivity contribution in [2.75, 3.05) is 21.8 Å². The molecule has 4 atom stereocenters. The summed E-state index contributed by atoms with van der Waals surface area (Å²) in [6, 6.07) is 41.1. The number of fused-ring (bicyclic) bond motifs is 6. The van der Waals surface area contributed by atoms with Gasteiger partial charge >= 0.3 is 11.9 Å². The molecule has 0 saturated carbocycles. The quantitative estimate of drug-likeness (QED) is 0.0891. The average molecular weight is 1050 g/mol. The van der Waals surface area contributed by atoms with Crippen molar-refractivity contribution in [3.8, 4) is 0 Å². The first-order valence-electron chi connectivity index (χ1n) is 22.5. The van der Waals surface area contributed by atoms with Gasteiger partial charge in [-0.05, 0) is 99.5 Å². The Hall–Kier alpha value is -6.94. The van der Waals surface area contributed by atoms with Gasteiger partial charge in [-0.1, -0.05) is 121 Å². The maximum Gasteiger partial charge on any atom is 0.336 e. The summed E-state index contributed by atoms with van der Waals surface area (Å²) in [6.45, 7) is 15.1. The topological polar surface area (TPSA) is 202 Å². The van der Waals surface area contributed by atoms with E-state index in [0.29, 0.717) is 0 Å². The Morgan fingerprint density at radius 3 is 1.14 bits per heavy atom. The minimum Gasteiger partial charge on any atom is -0.464 e. The monoisotopic (exact) mass is 1050 g/mol. The molecule has 2 fully saturated rings. The van der Waals surface area contributed by atoms with Crippen LogP contribution in [0.25, 0.3) is 0 Å². The number of anilines is 2. The summed E-state index contributed by atoms with van der Waals surface area (Å²) in [5, 5.41) is 0. The van der Waals surface area contributed by atoms with Crippen LogP contribution in [-0.4, -0.2) is 79.8 Å². The fourth-order valence-corrected chi connectivity index (χ4v) is 17.3. The molecular formula is C52H48N4O12S4. The number of ether oxygens (including phenoxy) is 2. The van der Waals surface area contributed by atoms with Gasteiger partial charge in [-0.2, -0.15) is 0 Å². The van der Waals surface area contributed by atoms with E-state index in [0.717, 1.165) is 28.3 Å². The highest BCUT2D eigenvalue weighted by atomic mass is 32.2. The second-order valence-corrected chi connectivity index (χ2v) is 24.3. The number of carbonyl (C=O) groups excluding carboxylic acids is 2. The van der Waals surface area contributed by atoms with Crippen LogP contribution < -0.4 is 8.61 Å². The molecule has 0 N–H and O–H groups in total. The van der Waals surface area contributed by atoms with Crippen molar-refractivity contribution >= 4 is 63.4 Å². The Morgan fingerprint density at radius 1 is 0.514 bits per heavy atom. The first kappa shape index (κ1) is 50.0. The summed E-state index contributed by atoms with van der Waals surface area (Å²) in [5.41, 5.74) is -0.934. The summed E-state index contributed by atoms with van der Waals surface area (Å²) < 4.78 is 126. The Morgan fingerprint density at radius 2 is 0.819 bits per heavy atom. The zero-order chi connectivity index (χ0) is 51.8. The maximum absolute atomic E-state index is 14.0. The predicted octanol–water partition coefficient (Wildman–Crippen LogP) is 7.10. The van der Waals surface area contributed by atoms with Crippen LogP contribution in [0.4, 0.5) is 11.4 Å². The van der Waals surface area contributed by atoms with E-state index in [2.05, 4.69) is 13.2 Å². The van der Waals surface area contributed by atoms with E-state index in [9.17, 15) is 43.3 Å². The molecular weight excluding hydrogens is 1000 g/mol. The van der Waals surface area contributed by atoms with Crippen molar-refractivity contribution in [3.63, 3.8) is 0 Å². The molecule has 4 aliphatic rings. The Labute approximate surface area is 419 Å². The summed E-state index contributed by atoms with van der Waals surface area (Å²) in [5.74, 6) is -1.64. The highest BCUT2D eigenvalue weighted by Gasteiger charge is 2.76. The van der Waals surface area contributed by atoms with E-state index in [-0.39, 0.29) is 66.4 Å². The van der Waals surface area contributed by atoms with Gasteiger partial charge in [0.25, 0.3) is 20.0 Å². The second kappa shape index (κ2) is 18.0. The maximum atomic E-state index is 14.0. The molecule has 0 aliphatic carbocycles. The highest BCUT2D eigenvalue weighted by molar-refractivity contribution is 7.93. The van der Waals surface area contributed by atoms with Gasteiger partial charge < -0.3 is 9.47 Å². The second-order valence-electron chi connectivity index (χ2n) is 17.2. The normalized spacial score (nSPS) is 22.3. The van der Waals surface area contributed by atoms with Gasteiger partial charge in [0.1, 0.15) is 12.3 Å². The third-order valence-corrected chi connectivity index (χ3v) is 20.4. The molecule has 0 radical (unpaired) electrons. The lowest BCUT2D eigenvalue weighted by Gasteiger charge is -2.55. The summed E-state index contributed by atoms with van der Waals surface area (Å²) in [7, 11) is -17.2. The molecule has 0 aromatic heterocycles. The molecule has 72 heavy (non-hydrogen) atoms. The highest BCUT2D eigenvalue weighted by Crippen LogP contribution is 2.62. The van der Waals surface area contributed by atoms with Gasteiger partial charge in [0.05, 0.1) is 44.2 Å². The number of nitrogens with zero attached hydrogens (tertiary/aromatic N) is 4. The van der Waals surface area contributed by atoms with Gasteiger partial charge in [-0.3, -0.25) is 0 Å². The zero-order valence-electron chi connectivity index (χ0n) is 39.3. The van der Waals surface area contributed by atoms with Gasteiger partial charge in [-0.25, -0.2) is 51.9 Å². The van der Waals surface area contributed by atoms with E-state index in [4.69, 9.17) is 9.47 Å². The van der Waals surface area contributed by atoms with Gasteiger partial charge in [-0.15, -0.1) is 8.61 Å². The third-order valence-electron chi connectivity index (χ3n) is 13.0. The van der Waals surface area contributed by atoms with Gasteiger partial charge in [0.2, 0.25) is 20.0 Å². The van der Waals surface area contributed by atoms with Crippen molar-refractivity contribution < 1.29 is 52.7 Å². The van der Waals surface area contributed by atoms with Crippen molar-refractivity contribution in [1.29, 1.82) is 0 Å². The first-order valence-corrected chi connectivity index (χ1v) is 28.3. The van der Waals surface area contributed by atoms with Crippen LogP contribution >= 0.6 is 0 Å². The van der Waals surface area contributed by atoms with Crippen molar-refractivity contribution in [1.82, 2.24) is 8.61 Å². The molecule has 372 valence electrons. The number of esters is 2. The number of aryl methyl sites for hydroxylation is 2. The largest absolute Gasteiger partial charge is 0.464 e. The average Bonchev–Trinajstić information content (AvgIpc) is 3.67. The molecule has 0 bridgehead atoms. The van der Waals surface area contributed by atoms with E-state index in [1.54, 1.807) is 123 Å². The molecule has 2 saturated heterocycles. The minimum absolute atomic E-state index is 0.0125. The molecule has 20 heteroatoms. The lowest BCUT2D eigenvalue weighted by atomic mass is 9.74. The summed E-state index contributed by atoms with van der Waals surface area (Å²) in [6.07, 6.45) is -2.78. The number of hydrogen-bond donors (Lipinski definition) is 0. The van der Waals surface area contributed by atoms with E-state index in [1.807, 2.05) is 13.8 Å². The van der Waals surface area contributed by atoms with Crippen LogP contribution in [-0.2, 0) is 70.2 Å². The van der Waals surface area contributed by atoms with Crippen molar-refractivity contribution in [3.05, 3.63) is 204 Å². The Balaban J connectivity index is 0.000000178. The number of rotatable bonds is 12. The van der Waals surface area contributed by atoms with Crippen molar-refractivity contribution in [2.45, 2.75) is 70.7 Å². The molecule has 6 aromatic carbocycles. The Kier molecular flexibility index (Phi) is 12.5. The molecule has 6 aromatic rings. The molecule has 0 unspecified atom stereocenters. The first-order chi connectivity index (χ1) is 34.2. The summed E-state index contributed by atoms with van der Waals surface area (Å²) >= 11 is 0. The molecule has 4 heterocycles. The number of hydrogen-bond acceptors (Lipinski definition) is 12. The lowest BCUT2D eigenvalue weighted by Crippen LogP contribution is -2.73. The Bertz CT molecular complexity index is 3410. The standard InChI is InChI=1S/2C26H24N2O6S2/c2*1-4-34-25(29)26-19(3)24(28(26)36(32,33)23-13-9-8-12-22(23)26)27(20-10-6-5-7-11-20)35(30,31)21-16-14-18(2)15-17-21/h2*5-17,24H,3-4H2,1-2H3/t2*24-,26-/m00/s1. The molecule has 16 nitrogen and oxygen atoms in total. The van der Waals surface area contributed by atoms with E-state index in [1.165, 1.54) is 48.5 Å². The third kappa shape index (κ3) is 7.09. The fourth-order valence-electron chi connectivity index (χ4n) is 9.80. The van der Waals surface area contributed by atoms with Crippen LogP contribution in [0, 0.1) is 13.8 Å². The minimum atomic E-state index is -4.29. The van der Waals surface area contributed by atoms with Gasteiger partial charge in [0.15, 0.2) is 11.1 Å². The fraction of sp³-hybridized carbons (Fsp3) is 0.192. The number of benzene rings is 6. The molecule has 0 amide bonds. The van der Waals surface area contributed by atoms with Crippen LogP contribution in [0.1, 0.15) is 36.1 Å². The number of carbonyl (C=O) groups is 2. The van der Waals surface area contributed by atoms with Crippen LogP contribution in [0.5, 0.6) is 0 Å². The van der Waals surface area contributed by atoms with E-state index >= 15 is 0 Å². The zero-order valence-corrected chi connectivity index (χ0v) is 42.6. The smallest absolute Gasteiger partial charge is 0.336 e. The van der Waals surface area contributed by atoms with Crippen LogP contribution in [0.2, 0.25) is 0 Å². The number of para-hydroxylation sites is 2. The predicted molar refractivity (Wildman–Crippen MR) is 268 cm³/mol. The summed E-state index contributed by atoms with van der Waals surface area (Å²) in [4.78, 5) is 26.6. The molecule has 0 spiro atoms. The SMILES string of the molecule is C=C1[C@@H](N(c2ccccc2)S(=O)(=O)c2ccc(C)cc2)N2[C@]1(C(=O)OCC)c1ccccc1S2(=O)=O.C=C1[C@@H](N(c2ccccc2)S(=O)(=O)c2ccc(C)cc2)N2[C@]1(C(=O)OCC)c1ccccc1S2(=O)=O. The van der Waals surface area contributed by atoms with Gasteiger partial charge in [0, 0.05) is 11.1 Å². The van der Waals surface area contributed by atoms with E-state index < -0.39 is 75.4 Å².